The van der Waals surface area contributed by atoms with Gasteiger partial charge in [0.2, 0.25) is 0 Å². The molecule has 1 fully saturated rings. The third-order valence-corrected chi connectivity index (χ3v) is 5.31. The molecular formula is C18H28BrNO. The van der Waals surface area contributed by atoms with E-state index in [-0.39, 0.29) is 0 Å². The fraction of sp³-hybridized carbons (Fsp3) is 0.667. The summed E-state index contributed by atoms with van der Waals surface area (Å²) in [4.78, 5) is 0. The highest BCUT2D eigenvalue weighted by molar-refractivity contribution is 9.10. The summed E-state index contributed by atoms with van der Waals surface area (Å²) in [7, 11) is 1.72. The average molecular weight is 354 g/mol. The first kappa shape index (κ1) is 16.8. The molecular weight excluding hydrogens is 326 g/mol. The molecule has 0 radical (unpaired) electrons. The number of ether oxygens (including phenoxy) is 1. The Kier molecular flexibility index (Phi) is 7.05. The predicted molar refractivity (Wildman–Crippen MR) is 93.0 cm³/mol. The van der Waals surface area contributed by atoms with Gasteiger partial charge in [0, 0.05) is 0 Å². The van der Waals surface area contributed by atoms with Gasteiger partial charge in [-0.05, 0) is 77.8 Å². The minimum absolute atomic E-state index is 0.812. The predicted octanol–water partition coefficient (Wildman–Crippen LogP) is 4.81. The summed E-state index contributed by atoms with van der Waals surface area (Å²) in [6.45, 7) is 4.46. The maximum absolute atomic E-state index is 5.33. The molecule has 1 saturated carbocycles. The lowest BCUT2D eigenvalue weighted by molar-refractivity contribution is 0.299. The van der Waals surface area contributed by atoms with Crippen molar-refractivity contribution in [2.24, 2.45) is 11.8 Å². The number of nitrogens with one attached hydrogen (secondary N) is 1. The van der Waals surface area contributed by atoms with E-state index in [4.69, 9.17) is 4.74 Å². The molecule has 1 aromatic rings. The second kappa shape index (κ2) is 8.79. The van der Waals surface area contributed by atoms with Crippen molar-refractivity contribution in [3.8, 4) is 5.75 Å². The number of rotatable bonds is 6. The topological polar surface area (TPSA) is 21.3 Å². The Labute approximate surface area is 137 Å². The molecule has 21 heavy (non-hydrogen) atoms. The van der Waals surface area contributed by atoms with Gasteiger partial charge < -0.3 is 10.1 Å². The highest BCUT2D eigenvalue weighted by Gasteiger charge is 2.23. The van der Waals surface area contributed by atoms with Crippen molar-refractivity contribution in [2.45, 2.75) is 45.4 Å². The van der Waals surface area contributed by atoms with Gasteiger partial charge in [0.05, 0.1) is 11.6 Å². The Morgan fingerprint density at radius 2 is 1.95 bits per heavy atom. The van der Waals surface area contributed by atoms with Crippen LogP contribution in [0.25, 0.3) is 0 Å². The molecule has 2 atom stereocenters. The number of hydrogen-bond donors (Lipinski definition) is 1. The lowest BCUT2D eigenvalue weighted by Gasteiger charge is -2.25. The Morgan fingerprint density at radius 3 is 2.62 bits per heavy atom. The molecule has 0 saturated heterocycles. The number of benzene rings is 1. The largest absolute Gasteiger partial charge is 0.496 e. The molecule has 0 bridgehead atoms. The molecule has 3 heteroatoms. The third kappa shape index (κ3) is 5.00. The number of methoxy groups -OCH3 is 1. The molecule has 0 heterocycles. The van der Waals surface area contributed by atoms with Crippen molar-refractivity contribution >= 4 is 15.9 Å². The van der Waals surface area contributed by atoms with Gasteiger partial charge in [-0.3, -0.25) is 0 Å². The van der Waals surface area contributed by atoms with Gasteiger partial charge in [0.25, 0.3) is 0 Å². The van der Waals surface area contributed by atoms with E-state index in [9.17, 15) is 0 Å². The average Bonchev–Trinajstić information content (AvgIpc) is 2.71. The summed E-state index contributed by atoms with van der Waals surface area (Å²) in [5.41, 5.74) is 1.43. The van der Waals surface area contributed by atoms with Gasteiger partial charge in [-0.2, -0.15) is 0 Å². The molecule has 2 rings (SSSR count). The standard InChI is InChI=1S/C18H28BrNO/c1-3-20-13-16-8-6-4-5-7-15(16)11-14-9-10-18(21-2)17(19)12-14/h9-10,12,15-16,20H,3-8,11,13H2,1-2H3. The molecule has 1 aromatic carbocycles. The molecule has 2 nitrogen and oxygen atoms in total. The van der Waals surface area contributed by atoms with Crippen molar-refractivity contribution in [1.82, 2.24) is 5.32 Å². The smallest absolute Gasteiger partial charge is 0.133 e. The first-order valence-corrected chi connectivity index (χ1v) is 9.07. The van der Waals surface area contributed by atoms with Crippen LogP contribution in [0.4, 0.5) is 0 Å². The van der Waals surface area contributed by atoms with Crippen molar-refractivity contribution in [1.29, 1.82) is 0 Å². The molecule has 0 spiro atoms. The van der Waals surface area contributed by atoms with Crippen molar-refractivity contribution in [2.75, 3.05) is 20.2 Å². The summed E-state index contributed by atoms with van der Waals surface area (Å²) in [6, 6.07) is 6.53. The molecule has 1 N–H and O–H groups in total. The van der Waals surface area contributed by atoms with Gasteiger partial charge in [-0.25, -0.2) is 0 Å². The zero-order valence-corrected chi connectivity index (χ0v) is 14.9. The summed E-state index contributed by atoms with van der Waals surface area (Å²) >= 11 is 3.61. The Morgan fingerprint density at radius 1 is 1.19 bits per heavy atom. The zero-order chi connectivity index (χ0) is 15.1. The highest BCUT2D eigenvalue weighted by atomic mass is 79.9. The summed E-state index contributed by atoms with van der Waals surface area (Å²) in [5.74, 6) is 2.56. The van der Waals surface area contributed by atoms with E-state index >= 15 is 0 Å². The number of halogens is 1. The SMILES string of the molecule is CCNCC1CCCCCC1Cc1ccc(OC)c(Br)c1. The van der Waals surface area contributed by atoms with Gasteiger partial charge in [-0.15, -0.1) is 0 Å². The van der Waals surface area contributed by atoms with Gasteiger partial charge in [0.15, 0.2) is 0 Å². The van der Waals surface area contributed by atoms with E-state index in [2.05, 4.69) is 46.4 Å². The monoisotopic (exact) mass is 353 g/mol. The first-order chi connectivity index (χ1) is 10.2. The molecule has 0 amide bonds. The van der Waals surface area contributed by atoms with E-state index < -0.39 is 0 Å². The van der Waals surface area contributed by atoms with Crippen LogP contribution in [0.2, 0.25) is 0 Å². The molecule has 2 unspecified atom stereocenters. The Bertz CT molecular complexity index is 435. The molecule has 118 valence electrons. The normalized spacial score (nSPS) is 22.8. The van der Waals surface area contributed by atoms with Crippen LogP contribution in [0.1, 0.15) is 44.6 Å². The summed E-state index contributed by atoms with van der Waals surface area (Å²) < 4.78 is 6.40. The van der Waals surface area contributed by atoms with E-state index in [1.807, 2.05) is 0 Å². The van der Waals surface area contributed by atoms with Gasteiger partial charge in [0.1, 0.15) is 5.75 Å². The van der Waals surface area contributed by atoms with Crippen LogP contribution in [0.15, 0.2) is 22.7 Å². The second-order valence-corrected chi connectivity index (χ2v) is 6.99. The van der Waals surface area contributed by atoms with Crippen LogP contribution < -0.4 is 10.1 Å². The van der Waals surface area contributed by atoms with E-state index in [0.717, 1.165) is 28.6 Å². The van der Waals surface area contributed by atoms with Crippen molar-refractivity contribution < 1.29 is 4.74 Å². The molecule has 1 aliphatic rings. The van der Waals surface area contributed by atoms with E-state index in [0.29, 0.717) is 0 Å². The van der Waals surface area contributed by atoms with Gasteiger partial charge >= 0.3 is 0 Å². The first-order valence-electron chi connectivity index (χ1n) is 8.27. The van der Waals surface area contributed by atoms with Crippen molar-refractivity contribution in [3.05, 3.63) is 28.2 Å². The maximum atomic E-state index is 5.33. The fourth-order valence-electron chi connectivity index (χ4n) is 3.47. The zero-order valence-electron chi connectivity index (χ0n) is 13.3. The Balaban J connectivity index is 2.04. The van der Waals surface area contributed by atoms with Crippen LogP contribution in [0.5, 0.6) is 5.75 Å². The van der Waals surface area contributed by atoms with Crippen LogP contribution in [0, 0.1) is 11.8 Å². The quantitative estimate of drug-likeness (QED) is 0.741. The van der Waals surface area contributed by atoms with Crippen LogP contribution in [-0.2, 0) is 6.42 Å². The minimum atomic E-state index is 0.812. The lowest BCUT2D eigenvalue weighted by Crippen LogP contribution is -2.28. The molecule has 0 aromatic heterocycles. The van der Waals surface area contributed by atoms with Crippen LogP contribution in [0.3, 0.4) is 0 Å². The van der Waals surface area contributed by atoms with Gasteiger partial charge in [-0.1, -0.05) is 32.3 Å². The highest BCUT2D eigenvalue weighted by Crippen LogP contribution is 2.33. The minimum Gasteiger partial charge on any atom is -0.496 e. The number of hydrogen-bond acceptors (Lipinski definition) is 2. The maximum Gasteiger partial charge on any atom is 0.133 e. The third-order valence-electron chi connectivity index (χ3n) is 4.69. The van der Waals surface area contributed by atoms with E-state index in [1.165, 1.54) is 50.6 Å². The lowest BCUT2D eigenvalue weighted by atomic mass is 9.83. The molecule has 0 aliphatic heterocycles. The fourth-order valence-corrected chi connectivity index (χ4v) is 4.06. The molecule has 1 aliphatic carbocycles. The summed E-state index contributed by atoms with van der Waals surface area (Å²) in [5, 5.41) is 3.56. The van der Waals surface area contributed by atoms with E-state index in [1.54, 1.807) is 7.11 Å². The van der Waals surface area contributed by atoms with Crippen LogP contribution in [-0.4, -0.2) is 20.2 Å². The summed E-state index contributed by atoms with van der Waals surface area (Å²) in [6.07, 6.45) is 8.16. The van der Waals surface area contributed by atoms with Crippen molar-refractivity contribution in [3.63, 3.8) is 0 Å². The van der Waals surface area contributed by atoms with Crippen LogP contribution >= 0.6 is 15.9 Å². The Hall–Kier alpha value is -0.540. The second-order valence-electron chi connectivity index (χ2n) is 6.14.